The van der Waals surface area contributed by atoms with E-state index in [0.717, 1.165) is 58.9 Å². The number of rotatable bonds is 5. The second kappa shape index (κ2) is 9.54. The predicted molar refractivity (Wildman–Crippen MR) is 150 cm³/mol. The molecule has 2 heterocycles. The number of pyridine rings is 1. The van der Waals surface area contributed by atoms with Crippen LogP contribution in [-0.2, 0) is 16.9 Å². The maximum absolute atomic E-state index is 14.1. The first-order valence-electron chi connectivity index (χ1n) is 13.1. The number of aromatic amines is 1. The number of nitrogens with one attached hydrogen (secondary N) is 1. The van der Waals surface area contributed by atoms with Crippen LogP contribution in [0.3, 0.4) is 0 Å². The first-order chi connectivity index (χ1) is 18.8. The van der Waals surface area contributed by atoms with Gasteiger partial charge in [0.25, 0.3) is 0 Å². The number of halogens is 1. The minimum atomic E-state index is -5.17. The van der Waals surface area contributed by atoms with Crippen molar-refractivity contribution in [3.05, 3.63) is 75.9 Å². The molecule has 198 valence electrons. The van der Waals surface area contributed by atoms with Gasteiger partial charge in [-0.15, -0.1) is 0 Å². The lowest BCUT2D eigenvalue weighted by Gasteiger charge is -2.27. The van der Waals surface area contributed by atoms with E-state index >= 15 is 0 Å². The molecule has 7 nitrogen and oxygen atoms in total. The van der Waals surface area contributed by atoms with Gasteiger partial charge in [-0.1, -0.05) is 48.3 Å². The molecule has 5 aromatic rings. The van der Waals surface area contributed by atoms with E-state index in [2.05, 4.69) is 19.8 Å². The molecule has 0 aliphatic heterocycles. The van der Waals surface area contributed by atoms with Gasteiger partial charge in [-0.3, -0.25) is 4.79 Å². The Labute approximate surface area is 224 Å². The average Bonchev–Trinajstić information content (AvgIpc) is 3.31. The third-order valence-electron chi connectivity index (χ3n) is 7.76. The molecule has 0 spiro atoms. The lowest BCUT2D eigenvalue weighted by molar-refractivity contribution is 0.365. The summed E-state index contributed by atoms with van der Waals surface area (Å²) in [5.74, 6) is -0.124. The van der Waals surface area contributed by atoms with Crippen molar-refractivity contribution in [2.24, 2.45) is 0 Å². The summed E-state index contributed by atoms with van der Waals surface area (Å²) in [5.41, 5.74) is 5.08. The van der Waals surface area contributed by atoms with Crippen LogP contribution in [0.15, 0.2) is 59.4 Å². The molecule has 39 heavy (non-hydrogen) atoms. The van der Waals surface area contributed by atoms with Gasteiger partial charge in [0, 0.05) is 22.3 Å². The summed E-state index contributed by atoms with van der Waals surface area (Å²) in [4.78, 5) is 17.5. The quantitative estimate of drug-likeness (QED) is 0.245. The van der Waals surface area contributed by atoms with Crippen molar-refractivity contribution in [3.63, 3.8) is 0 Å². The van der Waals surface area contributed by atoms with Crippen LogP contribution in [0.5, 0.6) is 5.75 Å². The van der Waals surface area contributed by atoms with Crippen LogP contribution in [0, 0.1) is 11.3 Å². The van der Waals surface area contributed by atoms with E-state index < -0.39 is 10.5 Å². The molecule has 0 unspecified atom stereocenters. The molecule has 0 atom stereocenters. The maximum Gasteiger partial charge on any atom is 0.488 e. The highest BCUT2D eigenvalue weighted by molar-refractivity contribution is 7.81. The van der Waals surface area contributed by atoms with Gasteiger partial charge in [-0.2, -0.15) is 13.7 Å². The molecule has 2 aromatic heterocycles. The largest absolute Gasteiger partial charge is 0.488 e. The monoisotopic (exact) mass is 543 g/mol. The number of H-pyrrole nitrogens is 1. The van der Waals surface area contributed by atoms with Gasteiger partial charge in [-0.05, 0) is 72.4 Å². The van der Waals surface area contributed by atoms with Crippen molar-refractivity contribution in [3.8, 4) is 22.9 Å². The minimum Gasteiger partial charge on any atom is -0.358 e. The Morgan fingerprint density at radius 1 is 1.08 bits per heavy atom. The first-order valence-corrected chi connectivity index (χ1v) is 14.4. The second-order valence-corrected chi connectivity index (χ2v) is 11.0. The van der Waals surface area contributed by atoms with E-state index in [4.69, 9.17) is 0 Å². The van der Waals surface area contributed by atoms with Crippen molar-refractivity contribution >= 4 is 43.3 Å². The predicted octanol–water partition coefficient (Wildman–Crippen LogP) is 6.84. The summed E-state index contributed by atoms with van der Waals surface area (Å²) in [6.07, 6.45) is 5.94. The Morgan fingerprint density at radius 2 is 1.87 bits per heavy atom. The normalized spacial score (nSPS) is 14.7. The number of hydrogen-bond acceptors (Lipinski definition) is 5. The van der Waals surface area contributed by atoms with Crippen LogP contribution >= 0.6 is 0 Å². The van der Waals surface area contributed by atoms with Crippen molar-refractivity contribution in [2.45, 2.75) is 51.5 Å². The van der Waals surface area contributed by atoms with Crippen LogP contribution < -0.4 is 9.61 Å². The summed E-state index contributed by atoms with van der Waals surface area (Å²) in [7, 11) is -5.17. The zero-order valence-corrected chi connectivity index (χ0v) is 22.1. The number of aromatic nitrogens is 2. The molecular weight excluding hydrogens is 517 g/mol. The van der Waals surface area contributed by atoms with Crippen LogP contribution in [0.4, 0.5) is 3.89 Å². The third kappa shape index (κ3) is 4.45. The molecule has 1 N–H and O–H groups in total. The van der Waals surface area contributed by atoms with Gasteiger partial charge in [0.2, 0.25) is 0 Å². The molecule has 1 aliphatic rings. The zero-order chi connectivity index (χ0) is 27.3. The lowest BCUT2D eigenvalue weighted by atomic mass is 9.92. The Balaban J connectivity index is 1.69. The van der Waals surface area contributed by atoms with Crippen molar-refractivity contribution in [1.29, 1.82) is 5.26 Å². The van der Waals surface area contributed by atoms with Gasteiger partial charge in [-0.25, -0.2) is 0 Å². The Bertz CT molecular complexity index is 1980. The molecular formula is C30H26FN3O4S. The van der Waals surface area contributed by atoms with Crippen LogP contribution in [0.1, 0.15) is 56.2 Å². The van der Waals surface area contributed by atoms with E-state index in [1.165, 1.54) is 18.6 Å². The van der Waals surface area contributed by atoms with E-state index in [9.17, 15) is 22.4 Å². The van der Waals surface area contributed by atoms with Gasteiger partial charge in [0.15, 0.2) is 5.43 Å². The Hall–Kier alpha value is -4.16. The molecule has 3 aromatic carbocycles. The summed E-state index contributed by atoms with van der Waals surface area (Å²) >= 11 is 0. The molecule has 0 radical (unpaired) electrons. The molecule has 1 aliphatic carbocycles. The van der Waals surface area contributed by atoms with E-state index in [1.807, 2.05) is 31.2 Å². The van der Waals surface area contributed by atoms with Crippen LogP contribution in [0.25, 0.3) is 44.0 Å². The SMILES string of the molecule is CCc1cc2c(=O)c3c4ccc(C#N)cc4[nH]c3n(C3CCCCC3)c2cc1-c1cccc(OS(=O)(=O)F)c1. The molecule has 1 fully saturated rings. The number of fused-ring (bicyclic) bond motifs is 4. The molecule has 0 amide bonds. The fourth-order valence-electron chi connectivity index (χ4n) is 6.04. The third-order valence-corrected chi connectivity index (χ3v) is 8.15. The first kappa shape index (κ1) is 25.1. The summed E-state index contributed by atoms with van der Waals surface area (Å²) in [6, 6.07) is 17.9. The van der Waals surface area contributed by atoms with Gasteiger partial charge in [0.1, 0.15) is 11.4 Å². The van der Waals surface area contributed by atoms with Gasteiger partial charge < -0.3 is 13.7 Å². The van der Waals surface area contributed by atoms with Gasteiger partial charge >= 0.3 is 10.5 Å². The Morgan fingerprint density at radius 3 is 2.59 bits per heavy atom. The fraction of sp³-hybridized carbons (Fsp3) is 0.267. The molecule has 1 saturated carbocycles. The molecule has 0 bridgehead atoms. The Kier molecular flexibility index (Phi) is 6.15. The number of nitriles is 1. The minimum absolute atomic E-state index is 0.0788. The lowest BCUT2D eigenvalue weighted by Crippen LogP contribution is -2.18. The fourth-order valence-corrected chi connectivity index (χ4v) is 6.38. The average molecular weight is 544 g/mol. The van der Waals surface area contributed by atoms with Crippen LogP contribution in [0.2, 0.25) is 0 Å². The maximum atomic E-state index is 14.1. The standard InChI is InChI=1S/C30H26FN3O4S/c1-2-19-15-25-27(16-24(19)20-7-6-10-22(14-20)38-39(31,36)37)34(21-8-4-3-5-9-21)30-28(29(25)35)23-12-11-18(17-32)13-26(23)33-30/h6-7,10-16,21,33H,2-5,8-9H2,1H3. The summed E-state index contributed by atoms with van der Waals surface area (Å²) in [6.45, 7) is 1.99. The summed E-state index contributed by atoms with van der Waals surface area (Å²) in [5, 5.41) is 11.4. The number of aryl methyl sites for hydroxylation is 1. The van der Waals surface area contributed by atoms with E-state index in [1.54, 1.807) is 18.2 Å². The number of nitrogens with zero attached hydrogens (tertiary/aromatic N) is 2. The highest BCUT2D eigenvalue weighted by Crippen LogP contribution is 2.38. The van der Waals surface area contributed by atoms with Gasteiger partial charge in [0.05, 0.1) is 22.5 Å². The molecule has 0 saturated heterocycles. The van der Waals surface area contributed by atoms with E-state index in [0.29, 0.717) is 28.3 Å². The number of benzene rings is 3. The summed E-state index contributed by atoms with van der Waals surface area (Å²) < 4.78 is 42.2. The highest BCUT2D eigenvalue weighted by atomic mass is 32.3. The van der Waals surface area contributed by atoms with E-state index in [-0.39, 0.29) is 17.2 Å². The number of hydrogen-bond donors (Lipinski definition) is 1. The zero-order valence-electron chi connectivity index (χ0n) is 21.3. The topological polar surface area (TPSA) is 105 Å². The molecule has 6 rings (SSSR count). The van der Waals surface area contributed by atoms with Crippen LogP contribution in [-0.4, -0.2) is 18.0 Å². The van der Waals surface area contributed by atoms with Crippen molar-refractivity contribution in [1.82, 2.24) is 9.55 Å². The van der Waals surface area contributed by atoms with Crippen molar-refractivity contribution < 1.29 is 16.5 Å². The smallest absolute Gasteiger partial charge is 0.358 e. The molecule has 9 heteroatoms. The second-order valence-electron chi connectivity index (χ2n) is 10.1. The highest BCUT2D eigenvalue weighted by Gasteiger charge is 2.24. The van der Waals surface area contributed by atoms with Crippen molar-refractivity contribution in [2.75, 3.05) is 0 Å².